The van der Waals surface area contributed by atoms with Crippen LogP contribution >= 0.6 is 11.3 Å². The zero-order valence-electron chi connectivity index (χ0n) is 22.9. The molecule has 1 unspecified atom stereocenters. The van der Waals surface area contributed by atoms with E-state index in [2.05, 4.69) is 58.5 Å². The SMILES string of the molecule is COc1cc2nc(C)nc(NC(C)c3ccc(-c4ccccc4CN4CCC(C(N)=O)CC4)s3)c2cc1OC. The van der Waals surface area contributed by atoms with Crippen LogP contribution in [-0.2, 0) is 11.3 Å². The van der Waals surface area contributed by atoms with Crippen molar-refractivity contribution < 1.29 is 14.3 Å². The summed E-state index contributed by atoms with van der Waals surface area (Å²) >= 11 is 1.79. The van der Waals surface area contributed by atoms with Crippen molar-refractivity contribution in [2.45, 2.75) is 39.3 Å². The lowest BCUT2D eigenvalue weighted by molar-refractivity contribution is -0.123. The van der Waals surface area contributed by atoms with E-state index < -0.39 is 0 Å². The van der Waals surface area contributed by atoms with E-state index in [1.165, 1.54) is 20.9 Å². The maximum atomic E-state index is 11.5. The van der Waals surface area contributed by atoms with E-state index in [0.29, 0.717) is 17.3 Å². The average molecular weight is 546 g/mol. The number of thiophene rings is 1. The molecule has 1 fully saturated rings. The van der Waals surface area contributed by atoms with Gasteiger partial charge >= 0.3 is 0 Å². The molecule has 1 amide bonds. The number of piperidine rings is 1. The van der Waals surface area contributed by atoms with Gasteiger partial charge in [0.15, 0.2) is 11.5 Å². The number of nitrogens with one attached hydrogen (secondary N) is 1. The molecule has 0 bridgehead atoms. The highest BCUT2D eigenvalue weighted by Crippen LogP contribution is 2.38. The summed E-state index contributed by atoms with van der Waals surface area (Å²) in [7, 11) is 3.25. The first-order valence-electron chi connectivity index (χ1n) is 13.2. The number of primary amides is 1. The average Bonchev–Trinajstić information content (AvgIpc) is 3.43. The van der Waals surface area contributed by atoms with E-state index >= 15 is 0 Å². The number of methoxy groups -OCH3 is 2. The van der Waals surface area contributed by atoms with Gasteiger partial charge in [0.2, 0.25) is 5.91 Å². The van der Waals surface area contributed by atoms with Crippen LogP contribution in [0.2, 0.25) is 0 Å². The van der Waals surface area contributed by atoms with E-state index in [0.717, 1.165) is 49.2 Å². The van der Waals surface area contributed by atoms with Crippen LogP contribution in [0.1, 0.15) is 42.1 Å². The molecule has 0 radical (unpaired) electrons. The number of fused-ring (bicyclic) bond motifs is 1. The van der Waals surface area contributed by atoms with Gasteiger partial charge in [-0.05, 0) is 69.1 Å². The first-order chi connectivity index (χ1) is 18.9. The van der Waals surface area contributed by atoms with Crippen LogP contribution < -0.4 is 20.5 Å². The fourth-order valence-electron chi connectivity index (χ4n) is 5.20. The summed E-state index contributed by atoms with van der Waals surface area (Å²) in [5.74, 6) is 2.56. The molecule has 1 atom stereocenters. The van der Waals surface area contributed by atoms with Crippen LogP contribution in [0.5, 0.6) is 11.5 Å². The number of nitrogens with zero attached hydrogens (tertiary/aromatic N) is 3. The molecule has 0 aliphatic carbocycles. The molecule has 1 aliphatic rings. The minimum atomic E-state index is -0.173. The number of likely N-dealkylation sites (tertiary alicyclic amines) is 1. The molecule has 0 spiro atoms. The molecule has 4 aromatic rings. The standard InChI is InChI=1S/C30H35N5O3S/c1-18(32-30-23-15-25(37-3)26(38-4)16-24(23)33-19(2)34-30)27-9-10-28(39-27)22-8-6-5-7-21(22)17-35-13-11-20(12-14-35)29(31)36/h5-10,15-16,18,20H,11-14,17H2,1-4H3,(H2,31,36)(H,32,33,34). The summed E-state index contributed by atoms with van der Waals surface area (Å²) in [6.07, 6.45) is 1.67. The fraction of sp³-hybridized carbons (Fsp3) is 0.367. The van der Waals surface area contributed by atoms with Crippen molar-refractivity contribution in [3.63, 3.8) is 0 Å². The number of aryl methyl sites for hydroxylation is 1. The Labute approximate surface area is 233 Å². The summed E-state index contributed by atoms with van der Waals surface area (Å²) in [6.45, 7) is 6.68. The molecule has 5 rings (SSSR count). The number of anilines is 1. The van der Waals surface area contributed by atoms with Gasteiger partial charge in [-0.3, -0.25) is 9.69 Å². The van der Waals surface area contributed by atoms with Gasteiger partial charge in [-0.2, -0.15) is 0 Å². The number of benzene rings is 2. The third-order valence-corrected chi connectivity index (χ3v) is 8.69. The Bertz CT molecular complexity index is 1480. The summed E-state index contributed by atoms with van der Waals surface area (Å²) in [5.41, 5.74) is 8.86. The Hall–Kier alpha value is -3.69. The number of carbonyl (C=O) groups excluding carboxylic acids is 1. The lowest BCUT2D eigenvalue weighted by Gasteiger charge is -2.31. The van der Waals surface area contributed by atoms with Gasteiger partial charge in [-0.1, -0.05) is 24.3 Å². The monoisotopic (exact) mass is 545 g/mol. The van der Waals surface area contributed by atoms with Gasteiger partial charge in [0.25, 0.3) is 0 Å². The Morgan fingerprint density at radius 3 is 2.54 bits per heavy atom. The van der Waals surface area contributed by atoms with Crippen molar-refractivity contribution in [1.82, 2.24) is 14.9 Å². The number of amides is 1. The maximum Gasteiger partial charge on any atom is 0.220 e. The van der Waals surface area contributed by atoms with E-state index in [1.807, 2.05) is 19.1 Å². The highest BCUT2D eigenvalue weighted by Gasteiger charge is 2.24. The number of aromatic nitrogens is 2. The number of nitrogens with two attached hydrogens (primary N) is 1. The van der Waals surface area contributed by atoms with Crippen molar-refractivity contribution in [1.29, 1.82) is 0 Å². The van der Waals surface area contributed by atoms with Gasteiger partial charge in [0, 0.05) is 33.7 Å². The molecule has 0 saturated carbocycles. The van der Waals surface area contributed by atoms with E-state index in [9.17, 15) is 4.79 Å². The molecule has 2 aromatic heterocycles. The first kappa shape index (κ1) is 26.9. The second kappa shape index (κ2) is 11.6. The van der Waals surface area contributed by atoms with Crippen LogP contribution in [0.4, 0.5) is 5.82 Å². The molecular formula is C30H35N5O3S. The number of hydrogen-bond donors (Lipinski definition) is 2. The number of ether oxygens (including phenoxy) is 2. The number of carbonyl (C=O) groups is 1. The molecule has 2 aromatic carbocycles. The van der Waals surface area contributed by atoms with E-state index in [-0.39, 0.29) is 17.9 Å². The fourth-order valence-corrected chi connectivity index (χ4v) is 6.27. The minimum absolute atomic E-state index is 0.00393. The van der Waals surface area contributed by atoms with Gasteiger partial charge in [-0.25, -0.2) is 9.97 Å². The molecule has 9 heteroatoms. The van der Waals surface area contributed by atoms with Crippen molar-refractivity contribution in [2.75, 3.05) is 32.6 Å². The second-order valence-electron chi connectivity index (χ2n) is 10.0. The third kappa shape index (κ3) is 5.84. The van der Waals surface area contributed by atoms with Gasteiger partial charge < -0.3 is 20.5 Å². The Morgan fingerprint density at radius 2 is 1.82 bits per heavy atom. The molecule has 3 heterocycles. The van der Waals surface area contributed by atoms with Crippen molar-refractivity contribution in [2.24, 2.45) is 11.7 Å². The van der Waals surface area contributed by atoms with Crippen molar-refractivity contribution in [3.8, 4) is 21.9 Å². The summed E-state index contributed by atoms with van der Waals surface area (Å²) < 4.78 is 11.0. The van der Waals surface area contributed by atoms with E-state index in [1.54, 1.807) is 25.6 Å². The topological polar surface area (TPSA) is 103 Å². The predicted molar refractivity (Wildman–Crippen MR) is 156 cm³/mol. The molecular weight excluding hydrogens is 510 g/mol. The van der Waals surface area contributed by atoms with Crippen LogP contribution in [0.3, 0.4) is 0 Å². The molecule has 3 N–H and O–H groups in total. The first-order valence-corrected chi connectivity index (χ1v) is 14.0. The highest BCUT2D eigenvalue weighted by atomic mass is 32.1. The van der Waals surface area contributed by atoms with Crippen LogP contribution in [0, 0.1) is 12.8 Å². The summed E-state index contributed by atoms with van der Waals surface area (Å²) in [5, 5.41) is 4.49. The highest BCUT2D eigenvalue weighted by molar-refractivity contribution is 7.15. The third-order valence-electron chi connectivity index (χ3n) is 7.39. The van der Waals surface area contributed by atoms with Gasteiger partial charge in [0.05, 0.1) is 25.8 Å². The zero-order chi connectivity index (χ0) is 27.5. The largest absolute Gasteiger partial charge is 0.493 e. The second-order valence-corrected chi connectivity index (χ2v) is 11.1. The molecule has 1 saturated heterocycles. The minimum Gasteiger partial charge on any atom is -0.493 e. The van der Waals surface area contributed by atoms with Crippen LogP contribution in [0.15, 0.2) is 48.5 Å². The van der Waals surface area contributed by atoms with Gasteiger partial charge in [0.1, 0.15) is 11.6 Å². The van der Waals surface area contributed by atoms with E-state index in [4.69, 9.17) is 20.2 Å². The van der Waals surface area contributed by atoms with Crippen molar-refractivity contribution >= 4 is 34.0 Å². The normalized spacial score (nSPS) is 15.3. The maximum absolute atomic E-state index is 11.5. The smallest absolute Gasteiger partial charge is 0.220 e. The predicted octanol–water partition coefficient (Wildman–Crippen LogP) is 5.55. The molecule has 204 valence electrons. The lowest BCUT2D eigenvalue weighted by Crippen LogP contribution is -2.38. The Morgan fingerprint density at radius 1 is 1.10 bits per heavy atom. The van der Waals surface area contributed by atoms with Crippen LogP contribution in [0.25, 0.3) is 21.3 Å². The van der Waals surface area contributed by atoms with Crippen LogP contribution in [-0.4, -0.2) is 48.1 Å². The van der Waals surface area contributed by atoms with Gasteiger partial charge in [-0.15, -0.1) is 11.3 Å². The zero-order valence-corrected chi connectivity index (χ0v) is 23.7. The number of rotatable bonds is 9. The number of hydrogen-bond acceptors (Lipinski definition) is 8. The summed E-state index contributed by atoms with van der Waals surface area (Å²) in [6, 6.07) is 16.8. The lowest BCUT2D eigenvalue weighted by atomic mass is 9.95. The quantitative estimate of drug-likeness (QED) is 0.284. The summed E-state index contributed by atoms with van der Waals surface area (Å²) in [4.78, 5) is 25.7. The molecule has 1 aliphatic heterocycles. The van der Waals surface area contributed by atoms with Crippen molar-refractivity contribution in [3.05, 3.63) is 64.8 Å². The Balaban J connectivity index is 1.36. The Kier molecular flexibility index (Phi) is 7.99. The molecule has 8 nitrogen and oxygen atoms in total. The molecule has 39 heavy (non-hydrogen) atoms.